The summed E-state index contributed by atoms with van der Waals surface area (Å²) in [5.41, 5.74) is 3.50. The van der Waals surface area contributed by atoms with Gasteiger partial charge in [0, 0.05) is 9.26 Å². The van der Waals surface area contributed by atoms with Crippen molar-refractivity contribution < 1.29 is 4.79 Å². The largest absolute Gasteiger partial charge is 0.325 e. The SMILES string of the molecule is Cc1ccc(Cn2c(=O)c3ccccc3n3c(SCC(=O)Nc4cccc(I)c4)nnc23)cc1. The molecule has 0 saturated carbocycles. The van der Waals surface area contributed by atoms with Gasteiger partial charge in [-0.15, -0.1) is 10.2 Å². The van der Waals surface area contributed by atoms with Gasteiger partial charge in [-0.05, 0) is 65.4 Å². The molecule has 34 heavy (non-hydrogen) atoms. The maximum Gasteiger partial charge on any atom is 0.263 e. The van der Waals surface area contributed by atoms with Gasteiger partial charge in [0.25, 0.3) is 5.56 Å². The molecule has 0 aliphatic heterocycles. The van der Waals surface area contributed by atoms with Gasteiger partial charge in [0.1, 0.15) is 0 Å². The molecule has 5 aromatic rings. The van der Waals surface area contributed by atoms with Crippen LogP contribution < -0.4 is 10.9 Å². The Hall–Kier alpha value is -3.18. The molecule has 0 atom stereocenters. The number of nitrogens with one attached hydrogen (secondary N) is 1. The van der Waals surface area contributed by atoms with E-state index in [0.29, 0.717) is 28.4 Å². The van der Waals surface area contributed by atoms with Gasteiger partial charge >= 0.3 is 0 Å². The molecule has 0 saturated heterocycles. The van der Waals surface area contributed by atoms with E-state index in [4.69, 9.17) is 0 Å². The van der Waals surface area contributed by atoms with Crippen LogP contribution >= 0.6 is 34.4 Å². The minimum absolute atomic E-state index is 0.121. The summed E-state index contributed by atoms with van der Waals surface area (Å²) in [6, 6.07) is 23.1. The third-order valence-electron chi connectivity index (χ3n) is 5.38. The van der Waals surface area contributed by atoms with E-state index in [1.807, 2.05) is 78.1 Å². The van der Waals surface area contributed by atoms with Crippen LogP contribution in [0.15, 0.2) is 82.7 Å². The van der Waals surface area contributed by atoms with Crippen molar-refractivity contribution in [3.05, 3.63) is 97.8 Å². The highest BCUT2D eigenvalue weighted by molar-refractivity contribution is 14.1. The van der Waals surface area contributed by atoms with E-state index >= 15 is 0 Å². The second-order valence-corrected chi connectivity index (χ2v) is 10.0. The van der Waals surface area contributed by atoms with Crippen molar-refractivity contribution in [3.63, 3.8) is 0 Å². The second kappa shape index (κ2) is 9.59. The standard InChI is InChI=1S/C25H20IN5O2S/c1-16-9-11-17(12-10-16)14-30-23(33)20-7-2-3-8-21(20)31-24(30)28-29-25(31)34-15-22(32)27-19-6-4-5-18(26)13-19/h2-13H,14-15H2,1H3,(H,27,32). The van der Waals surface area contributed by atoms with Crippen LogP contribution in [0.2, 0.25) is 0 Å². The number of thioether (sulfide) groups is 1. The van der Waals surface area contributed by atoms with Crippen molar-refractivity contribution in [1.82, 2.24) is 19.2 Å². The number of nitrogens with zero attached hydrogens (tertiary/aromatic N) is 4. The zero-order valence-corrected chi connectivity index (χ0v) is 21.2. The van der Waals surface area contributed by atoms with E-state index in [0.717, 1.165) is 20.4 Å². The Morgan fingerprint density at radius 2 is 1.82 bits per heavy atom. The summed E-state index contributed by atoms with van der Waals surface area (Å²) >= 11 is 3.49. The van der Waals surface area contributed by atoms with E-state index in [1.54, 1.807) is 10.6 Å². The summed E-state index contributed by atoms with van der Waals surface area (Å²) in [5.74, 6) is 0.475. The molecule has 1 N–H and O–H groups in total. The third-order valence-corrected chi connectivity index (χ3v) is 6.98. The summed E-state index contributed by atoms with van der Waals surface area (Å²) in [7, 11) is 0. The van der Waals surface area contributed by atoms with Crippen molar-refractivity contribution in [3.8, 4) is 0 Å². The summed E-state index contributed by atoms with van der Waals surface area (Å²) in [6.45, 7) is 2.41. The summed E-state index contributed by atoms with van der Waals surface area (Å²) in [5, 5.41) is 12.7. The number of carbonyl (C=O) groups is 1. The van der Waals surface area contributed by atoms with Gasteiger partial charge < -0.3 is 5.32 Å². The molecule has 5 rings (SSSR count). The lowest BCUT2D eigenvalue weighted by Crippen LogP contribution is -2.24. The number of fused-ring (bicyclic) bond motifs is 3. The molecule has 170 valence electrons. The van der Waals surface area contributed by atoms with Crippen LogP contribution in [0.25, 0.3) is 16.7 Å². The number of hydrogen-bond acceptors (Lipinski definition) is 5. The van der Waals surface area contributed by atoms with Crippen LogP contribution in [0.5, 0.6) is 0 Å². The van der Waals surface area contributed by atoms with Gasteiger partial charge in [-0.2, -0.15) is 0 Å². The van der Waals surface area contributed by atoms with Crippen LogP contribution in [0.4, 0.5) is 5.69 Å². The van der Waals surface area contributed by atoms with Gasteiger partial charge in [-0.3, -0.25) is 18.6 Å². The molecule has 0 aliphatic carbocycles. The normalized spacial score (nSPS) is 11.2. The fourth-order valence-electron chi connectivity index (χ4n) is 3.74. The molecule has 2 aromatic heterocycles. The van der Waals surface area contributed by atoms with Gasteiger partial charge in [0.2, 0.25) is 11.7 Å². The van der Waals surface area contributed by atoms with Gasteiger partial charge in [0.15, 0.2) is 5.16 Å². The molecular formula is C25H20IN5O2S. The molecule has 0 spiro atoms. The van der Waals surface area contributed by atoms with E-state index in [-0.39, 0.29) is 17.2 Å². The number of amides is 1. The van der Waals surface area contributed by atoms with E-state index in [1.165, 1.54) is 11.8 Å². The molecule has 1 amide bonds. The Morgan fingerprint density at radius 3 is 2.62 bits per heavy atom. The highest BCUT2D eigenvalue weighted by atomic mass is 127. The molecule has 0 unspecified atom stereocenters. The average molecular weight is 581 g/mol. The Kier molecular flexibility index (Phi) is 6.38. The third kappa shape index (κ3) is 4.58. The number of carbonyl (C=O) groups excluding carboxylic acids is 1. The molecule has 0 fully saturated rings. The summed E-state index contributed by atoms with van der Waals surface area (Å²) < 4.78 is 4.54. The van der Waals surface area contributed by atoms with Crippen LogP contribution in [0, 0.1) is 10.5 Å². The molecule has 0 aliphatic rings. The lowest BCUT2D eigenvalue weighted by molar-refractivity contribution is -0.113. The first-order chi connectivity index (χ1) is 16.5. The van der Waals surface area contributed by atoms with Crippen LogP contribution in [0.3, 0.4) is 0 Å². The number of aromatic nitrogens is 4. The number of rotatable bonds is 6. The first kappa shape index (κ1) is 22.6. The van der Waals surface area contributed by atoms with Crippen molar-refractivity contribution >= 4 is 62.6 Å². The minimum Gasteiger partial charge on any atom is -0.325 e. The van der Waals surface area contributed by atoms with E-state index in [2.05, 4.69) is 38.1 Å². The zero-order valence-electron chi connectivity index (χ0n) is 18.2. The van der Waals surface area contributed by atoms with Gasteiger partial charge in [0.05, 0.1) is 23.2 Å². The number of aryl methyl sites for hydroxylation is 1. The Morgan fingerprint density at radius 1 is 1.03 bits per heavy atom. The smallest absolute Gasteiger partial charge is 0.263 e. The molecule has 0 bridgehead atoms. The molecular weight excluding hydrogens is 561 g/mol. The second-order valence-electron chi connectivity index (χ2n) is 7.86. The summed E-state index contributed by atoms with van der Waals surface area (Å²) in [4.78, 5) is 25.9. The maximum absolute atomic E-state index is 13.3. The highest BCUT2D eigenvalue weighted by Gasteiger charge is 2.18. The topological polar surface area (TPSA) is 81.3 Å². The lowest BCUT2D eigenvalue weighted by Gasteiger charge is -2.11. The predicted octanol–water partition coefficient (Wildman–Crippen LogP) is 4.74. The maximum atomic E-state index is 13.3. The fourth-order valence-corrected chi connectivity index (χ4v) is 5.02. The average Bonchev–Trinajstić information content (AvgIpc) is 3.26. The first-order valence-corrected chi connectivity index (χ1v) is 12.7. The Balaban J connectivity index is 1.50. The van der Waals surface area contributed by atoms with Crippen LogP contribution in [-0.4, -0.2) is 30.8 Å². The Labute approximate surface area is 213 Å². The van der Waals surface area contributed by atoms with Crippen molar-refractivity contribution in [2.24, 2.45) is 0 Å². The zero-order chi connectivity index (χ0) is 23.7. The first-order valence-electron chi connectivity index (χ1n) is 10.6. The molecule has 2 heterocycles. The molecule has 3 aromatic carbocycles. The number of para-hydroxylation sites is 1. The van der Waals surface area contributed by atoms with Gasteiger partial charge in [-0.25, -0.2) is 0 Å². The van der Waals surface area contributed by atoms with E-state index in [9.17, 15) is 9.59 Å². The number of halogens is 1. The predicted molar refractivity (Wildman–Crippen MR) is 144 cm³/mol. The number of anilines is 1. The Bertz CT molecular complexity index is 1580. The monoisotopic (exact) mass is 581 g/mol. The van der Waals surface area contributed by atoms with Crippen molar-refractivity contribution in [1.29, 1.82) is 0 Å². The fraction of sp³-hybridized carbons (Fsp3) is 0.120. The van der Waals surface area contributed by atoms with Crippen LogP contribution in [0.1, 0.15) is 11.1 Å². The molecule has 9 heteroatoms. The highest BCUT2D eigenvalue weighted by Crippen LogP contribution is 2.22. The van der Waals surface area contributed by atoms with E-state index < -0.39 is 0 Å². The minimum atomic E-state index is -0.138. The summed E-state index contributed by atoms with van der Waals surface area (Å²) in [6.07, 6.45) is 0. The van der Waals surface area contributed by atoms with Crippen molar-refractivity contribution in [2.75, 3.05) is 11.1 Å². The van der Waals surface area contributed by atoms with Crippen molar-refractivity contribution in [2.45, 2.75) is 18.6 Å². The van der Waals surface area contributed by atoms with Gasteiger partial charge in [-0.1, -0.05) is 59.8 Å². The quantitative estimate of drug-likeness (QED) is 0.232. The molecule has 7 nitrogen and oxygen atoms in total. The lowest BCUT2D eigenvalue weighted by atomic mass is 10.1. The number of benzene rings is 3. The number of hydrogen-bond donors (Lipinski definition) is 1. The molecule has 0 radical (unpaired) electrons. The van der Waals surface area contributed by atoms with Crippen LogP contribution in [-0.2, 0) is 11.3 Å².